The number of aromatic amines is 1. The molecule has 0 saturated carbocycles. The summed E-state index contributed by atoms with van der Waals surface area (Å²) in [5, 5.41) is 17.7. The van der Waals surface area contributed by atoms with E-state index in [2.05, 4.69) is 4.98 Å². The lowest BCUT2D eigenvalue weighted by Crippen LogP contribution is -2.46. The van der Waals surface area contributed by atoms with Crippen LogP contribution < -0.4 is 11.3 Å². The van der Waals surface area contributed by atoms with Crippen LogP contribution in [0.25, 0.3) is 0 Å². The molecule has 1 heterocycles. The number of carboxylic acid groups (broad SMARTS) is 1. The highest BCUT2D eigenvalue weighted by atomic mass is 32.1. The van der Waals surface area contributed by atoms with Crippen molar-refractivity contribution in [3.63, 3.8) is 0 Å². The molecule has 21 heavy (non-hydrogen) atoms. The minimum atomic E-state index is -1.20. The van der Waals surface area contributed by atoms with Gasteiger partial charge in [-0.15, -0.1) is 0 Å². The van der Waals surface area contributed by atoms with E-state index in [4.69, 9.17) is 28.2 Å². The van der Waals surface area contributed by atoms with Crippen molar-refractivity contribution in [1.29, 1.82) is 0 Å². The summed E-state index contributed by atoms with van der Waals surface area (Å²) in [6.07, 6.45) is 1.34. The van der Waals surface area contributed by atoms with Gasteiger partial charge >= 0.3 is 5.97 Å². The number of aliphatic carboxylic acids is 1. The first-order chi connectivity index (χ1) is 9.83. The van der Waals surface area contributed by atoms with E-state index >= 15 is 0 Å². The molecular weight excluding hydrogens is 300 g/mol. The summed E-state index contributed by atoms with van der Waals surface area (Å²) in [7, 11) is 0. The van der Waals surface area contributed by atoms with Gasteiger partial charge in [0.1, 0.15) is 13.1 Å². The van der Waals surface area contributed by atoms with E-state index < -0.39 is 30.0 Å². The maximum Gasteiger partial charge on any atom is 0.323 e. The van der Waals surface area contributed by atoms with Gasteiger partial charge in [0.15, 0.2) is 4.77 Å². The second kappa shape index (κ2) is 7.67. The van der Waals surface area contributed by atoms with Crippen LogP contribution in [0.2, 0.25) is 0 Å². The Balaban J connectivity index is 2.86. The normalized spacial score (nSPS) is 11.9. The van der Waals surface area contributed by atoms with Gasteiger partial charge in [-0.3, -0.25) is 19.4 Å². The largest absolute Gasteiger partial charge is 0.480 e. The number of nitrogens with zero attached hydrogens (tertiary/aromatic N) is 2. The van der Waals surface area contributed by atoms with E-state index in [-0.39, 0.29) is 24.5 Å². The van der Waals surface area contributed by atoms with Crippen molar-refractivity contribution >= 4 is 24.1 Å². The lowest BCUT2D eigenvalue weighted by atomic mass is 10.3. The zero-order chi connectivity index (χ0) is 16.0. The molecule has 0 fully saturated rings. The summed E-state index contributed by atoms with van der Waals surface area (Å²) in [5.74, 6) is -1.73. The number of aromatic nitrogens is 2. The molecule has 0 saturated heterocycles. The average molecular weight is 316 g/mol. The molecule has 0 unspecified atom stereocenters. The second-order valence-corrected chi connectivity index (χ2v) is 4.74. The molecule has 0 bridgehead atoms. The number of nitrogens with two attached hydrogens (primary N) is 1. The Kier molecular flexibility index (Phi) is 6.21. The van der Waals surface area contributed by atoms with Gasteiger partial charge in [0.25, 0.3) is 5.56 Å². The van der Waals surface area contributed by atoms with Gasteiger partial charge < -0.3 is 25.4 Å². The van der Waals surface area contributed by atoms with Gasteiger partial charge in [0, 0.05) is 24.8 Å². The fraction of sp³-hybridized carbons (Fsp3) is 0.455. The van der Waals surface area contributed by atoms with Crippen molar-refractivity contribution in [3.8, 4) is 0 Å². The number of carbonyl (C=O) groups is 2. The topological polar surface area (TPSA) is 142 Å². The van der Waals surface area contributed by atoms with Crippen molar-refractivity contribution in [2.75, 3.05) is 19.7 Å². The van der Waals surface area contributed by atoms with E-state index in [1.807, 2.05) is 0 Å². The van der Waals surface area contributed by atoms with Gasteiger partial charge in [-0.05, 0) is 12.2 Å². The SMILES string of the molecule is N[C@@H](CO)CN(CC(=O)O)C(=O)Cn1ccc(=O)[nH]c1=S. The number of carbonyl (C=O) groups excluding carboxylic acids is 1. The third-order valence-corrected chi connectivity index (χ3v) is 2.91. The number of aliphatic hydroxyl groups excluding tert-OH is 1. The first kappa shape index (κ1) is 17.0. The lowest BCUT2D eigenvalue weighted by Gasteiger charge is -2.23. The van der Waals surface area contributed by atoms with Gasteiger partial charge in [0.2, 0.25) is 5.91 Å². The molecule has 9 nitrogen and oxygen atoms in total. The molecule has 0 aliphatic heterocycles. The maximum absolute atomic E-state index is 12.1. The number of rotatable bonds is 7. The highest BCUT2D eigenvalue weighted by molar-refractivity contribution is 7.71. The molecule has 1 aromatic rings. The molecule has 116 valence electrons. The highest BCUT2D eigenvalue weighted by Crippen LogP contribution is 1.97. The van der Waals surface area contributed by atoms with E-state index in [0.29, 0.717) is 0 Å². The summed E-state index contributed by atoms with van der Waals surface area (Å²) in [6, 6.07) is 0.459. The predicted octanol–water partition coefficient (Wildman–Crippen LogP) is -1.86. The smallest absolute Gasteiger partial charge is 0.323 e. The van der Waals surface area contributed by atoms with E-state index in [9.17, 15) is 14.4 Å². The summed E-state index contributed by atoms with van der Waals surface area (Å²) in [5.41, 5.74) is 5.12. The van der Waals surface area contributed by atoms with Gasteiger partial charge in [-0.25, -0.2) is 0 Å². The second-order valence-electron chi connectivity index (χ2n) is 4.35. The molecular formula is C11H16N4O5S. The number of H-pyrrole nitrogens is 1. The molecule has 1 amide bonds. The molecule has 1 rings (SSSR count). The lowest BCUT2D eigenvalue weighted by molar-refractivity contribution is -0.145. The number of carboxylic acids is 1. The molecule has 0 radical (unpaired) electrons. The third kappa shape index (κ3) is 5.45. The van der Waals surface area contributed by atoms with Gasteiger partial charge in [0.05, 0.1) is 6.61 Å². The number of hydrogen-bond acceptors (Lipinski definition) is 6. The molecule has 0 spiro atoms. The first-order valence-corrected chi connectivity index (χ1v) is 6.40. The van der Waals surface area contributed by atoms with Crippen molar-refractivity contribution in [2.45, 2.75) is 12.6 Å². The van der Waals surface area contributed by atoms with E-state index in [1.54, 1.807) is 0 Å². The van der Waals surface area contributed by atoms with Crippen molar-refractivity contribution in [1.82, 2.24) is 14.5 Å². The Hall–Kier alpha value is -2.04. The Bertz CT molecular complexity index is 626. The summed E-state index contributed by atoms with van der Waals surface area (Å²) >= 11 is 4.90. The minimum absolute atomic E-state index is 0.0533. The van der Waals surface area contributed by atoms with E-state index in [0.717, 1.165) is 4.90 Å². The standard InChI is InChI=1S/C11H16N4O5S/c12-7(6-16)3-15(5-10(19)20)9(18)4-14-2-1-8(17)13-11(14)21/h1-2,7,16H,3-6,12H2,(H,19,20)(H,13,17,21)/t7-/m1/s1. The zero-order valence-corrected chi connectivity index (χ0v) is 11.9. The van der Waals surface area contributed by atoms with Crippen LogP contribution in [-0.4, -0.2) is 62.3 Å². The van der Waals surface area contributed by atoms with Crippen LogP contribution in [0.1, 0.15) is 0 Å². The van der Waals surface area contributed by atoms with E-state index in [1.165, 1.54) is 16.8 Å². The number of amides is 1. The van der Waals surface area contributed by atoms with Crippen molar-refractivity contribution in [2.24, 2.45) is 5.73 Å². The quantitative estimate of drug-likeness (QED) is 0.432. The molecule has 0 aliphatic carbocycles. The highest BCUT2D eigenvalue weighted by Gasteiger charge is 2.19. The molecule has 0 aliphatic rings. The number of aliphatic hydroxyl groups is 1. The molecule has 5 N–H and O–H groups in total. The molecule has 1 atom stereocenters. The van der Waals surface area contributed by atoms with Crippen LogP contribution in [0.15, 0.2) is 17.1 Å². The van der Waals surface area contributed by atoms with Crippen LogP contribution >= 0.6 is 12.2 Å². The van der Waals surface area contributed by atoms with Crippen LogP contribution in [0.3, 0.4) is 0 Å². The zero-order valence-electron chi connectivity index (χ0n) is 11.1. The van der Waals surface area contributed by atoms with Crippen LogP contribution in [0, 0.1) is 4.77 Å². The molecule has 1 aromatic heterocycles. The Morgan fingerprint density at radius 1 is 1.52 bits per heavy atom. The van der Waals surface area contributed by atoms with Crippen molar-refractivity contribution < 1.29 is 19.8 Å². The van der Waals surface area contributed by atoms with Crippen molar-refractivity contribution in [3.05, 3.63) is 27.4 Å². The summed E-state index contributed by atoms with van der Waals surface area (Å²) in [6.45, 7) is -1.25. The molecule has 0 aromatic carbocycles. The summed E-state index contributed by atoms with van der Waals surface area (Å²) < 4.78 is 1.36. The van der Waals surface area contributed by atoms with Gasteiger partial charge in [-0.1, -0.05) is 0 Å². The number of nitrogens with one attached hydrogen (secondary N) is 1. The van der Waals surface area contributed by atoms with Crippen LogP contribution in [0.4, 0.5) is 0 Å². The maximum atomic E-state index is 12.1. The Labute approximate surface area is 124 Å². The average Bonchev–Trinajstić information content (AvgIpc) is 2.40. The Morgan fingerprint density at radius 3 is 2.71 bits per heavy atom. The van der Waals surface area contributed by atoms with Crippen LogP contribution in [0.5, 0.6) is 0 Å². The minimum Gasteiger partial charge on any atom is -0.480 e. The monoisotopic (exact) mass is 316 g/mol. The fourth-order valence-electron chi connectivity index (χ4n) is 1.57. The first-order valence-electron chi connectivity index (χ1n) is 5.99. The fourth-order valence-corrected chi connectivity index (χ4v) is 1.80. The number of hydrogen-bond donors (Lipinski definition) is 4. The summed E-state index contributed by atoms with van der Waals surface area (Å²) in [4.78, 5) is 37.3. The predicted molar refractivity (Wildman–Crippen MR) is 75.2 cm³/mol. The molecule has 10 heteroatoms. The Morgan fingerprint density at radius 2 is 2.19 bits per heavy atom. The van der Waals surface area contributed by atoms with Crippen LogP contribution in [-0.2, 0) is 16.1 Å². The third-order valence-electron chi connectivity index (χ3n) is 2.57. The van der Waals surface area contributed by atoms with Gasteiger partial charge in [-0.2, -0.15) is 0 Å².